The second kappa shape index (κ2) is 8.78. The molecule has 29 heavy (non-hydrogen) atoms. The van der Waals surface area contributed by atoms with Gasteiger partial charge in [-0.25, -0.2) is 9.97 Å². The number of carbonyl (C=O) groups excluding carboxylic acids is 1. The van der Waals surface area contributed by atoms with Crippen LogP contribution in [-0.2, 0) is 0 Å². The molecule has 0 atom stereocenters. The average Bonchev–Trinajstić information content (AvgIpc) is 3.60. The van der Waals surface area contributed by atoms with Crippen LogP contribution in [0, 0.1) is 0 Å². The van der Waals surface area contributed by atoms with Gasteiger partial charge >= 0.3 is 0 Å². The average molecular weight is 395 g/mol. The first-order chi connectivity index (χ1) is 14.2. The van der Waals surface area contributed by atoms with Crippen molar-refractivity contribution >= 4 is 17.5 Å². The maximum Gasteiger partial charge on any atom is 0.267 e. The number of piperazine rings is 1. The number of hydrogen-bond donors (Lipinski definition) is 1. The summed E-state index contributed by atoms with van der Waals surface area (Å²) in [5.41, 5.74) is 8.57. The van der Waals surface area contributed by atoms with Gasteiger partial charge in [-0.15, -0.1) is 0 Å². The van der Waals surface area contributed by atoms with E-state index in [4.69, 9.17) is 5.73 Å². The maximum absolute atomic E-state index is 11.4. The van der Waals surface area contributed by atoms with E-state index < -0.39 is 5.91 Å². The van der Waals surface area contributed by atoms with Crippen molar-refractivity contribution in [2.75, 3.05) is 55.6 Å². The van der Waals surface area contributed by atoms with E-state index in [1.807, 2.05) is 0 Å². The Balaban J connectivity index is 1.32. The van der Waals surface area contributed by atoms with Gasteiger partial charge in [0.05, 0.1) is 0 Å². The first-order valence-electron chi connectivity index (χ1n) is 10.6. The summed E-state index contributed by atoms with van der Waals surface area (Å²) in [5, 5.41) is 0. The predicted molar refractivity (Wildman–Crippen MR) is 116 cm³/mol. The first kappa shape index (κ1) is 19.6. The number of nitrogens with zero attached hydrogens (tertiary/aromatic N) is 5. The van der Waals surface area contributed by atoms with Crippen molar-refractivity contribution in [2.45, 2.75) is 25.7 Å². The minimum absolute atomic E-state index is 0.261. The highest BCUT2D eigenvalue weighted by molar-refractivity contribution is 5.90. The summed E-state index contributed by atoms with van der Waals surface area (Å²) >= 11 is 0. The van der Waals surface area contributed by atoms with Crippen molar-refractivity contribution in [3.63, 3.8) is 0 Å². The molecule has 0 bridgehead atoms. The van der Waals surface area contributed by atoms with Crippen LogP contribution < -0.4 is 15.5 Å². The number of benzene rings is 1. The fourth-order valence-electron chi connectivity index (χ4n) is 4.03. The lowest BCUT2D eigenvalue weighted by atomic mass is 10.1. The summed E-state index contributed by atoms with van der Waals surface area (Å²) < 4.78 is 0. The molecule has 7 heteroatoms. The van der Waals surface area contributed by atoms with Crippen molar-refractivity contribution in [3.8, 4) is 0 Å². The largest absolute Gasteiger partial charge is 0.369 e. The Labute approximate surface area is 172 Å². The number of rotatable bonds is 8. The number of amides is 1. The van der Waals surface area contributed by atoms with Crippen molar-refractivity contribution < 1.29 is 4.79 Å². The number of para-hydroxylation sites is 1. The number of nitrogens with two attached hydrogens (primary N) is 1. The van der Waals surface area contributed by atoms with E-state index in [0.717, 1.165) is 51.7 Å². The Kier molecular flexibility index (Phi) is 5.94. The maximum atomic E-state index is 11.4. The molecule has 2 fully saturated rings. The number of anilines is 2. The molecule has 0 spiro atoms. The van der Waals surface area contributed by atoms with Crippen LogP contribution in [0.5, 0.6) is 0 Å². The van der Waals surface area contributed by atoms with Crippen LogP contribution >= 0.6 is 0 Å². The topological polar surface area (TPSA) is 78.6 Å². The quantitative estimate of drug-likeness (QED) is 0.739. The lowest BCUT2D eigenvalue weighted by Gasteiger charge is -2.37. The molecule has 2 aliphatic rings. The molecule has 1 aromatic carbocycles. The molecule has 154 valence electrons. The standard InChI is InChI=1S/C22H30N6O/c1-2-27(22-24-10-9-19(25-22)21(23)29)14-11-26-12-15-28(16-13-26)20-6-4-3-5-18(20)17-7-8-17/h3-6,9-10,17H,2,7-8,11-16H2,1H3,(H2,23,29). The zero-order valence-corrected chi connectivity index (χ0v) is 17.1. The molecular weight excluding hydrogens is 364 g/mol. The van der Waals surface area contributed by atoms with E-state index >= 15 is 0 Å². The van der Waals surface area contributed by atoms with Gasteiger partial charge in [-0.2, -0.15) is 0 Å². The van der Waals surface area contributed by atoms with Gasteiger partial charge in [0, 0.05) is 57.7 Å². The Bertz CT molecular complexity index is 845. The summed E-state index contributed by atoms with van der Waals surface area (Å²) in [7, 11) is 0. The van der Waals surface area contributed by atoms with Gasteiger partial charge in [0.1, 0.15) is 5.69 Å². The Morgan fingerprint density at radius 1 is 1.17 bits per heavy atom. The summed E-state index contributed by atoms with van der Waals surface area (Å²) in [6, 6.07) is 10.5. The third-order valence-electron chi connectivity index (χ3n) is 5.91. The molecule has 2 aromatic rings. The summed E-state index contributed by atoms with van der Waals surface area (Å²) in [4.78, 5) is 27.2. The van der Waals surface area contributed by atoms with E-state index in [1.165, 1.54) is 24.1 Å². The molecule has 1 aliphatic heterocycles. The molecular formula is C22H30N6O. The van der Waals surface area contributed by atoms with E-state index in [1.54, 1.807) is 12.3 Å². The third-order valence-corrected chi connectivity index (χ3v) is 5.91. The van der Waals surface area contributed by atoms with Gasteiger partial charge < -0.3 is 15.5 Å². The van der Waals surface area contributed by atoms with Crippen molar-refractivity contribution in [1.82, 2.24) is 14.9 Å². The van der Waals surface area contributed by atoms with Crippen LogP contribution in [0.1, 0.15) is 41.7 Å². The lowest BCUT2D eigenvalue weighted by Crippen LogP contribution is -2.49. The number of hydrogen-bond acceptors (Lipinski definition) is 6. The van der Waals surface area contributed by atoms with Gasteiger partial charge in [-0.05, 0) is 43.4 Å². The Morgan fingerprint density at radius 3 is 2.62 bits per heavy atom. The minimum Gasteiger partial charge on any atom is -0.369 e. The van der Waals surface area contributed by atoms with Gasteiger partial charge in [-0.1, -0.05) is 18.2 Å². The Hall–Kier alpha value is -2.67. The van der Waals surface area contributed by atoms with Crippen LogP contribution in [0.2, 0.25) is 0 Å². The molecule has 1 aromatic heterocycles. The highest BCUT2D eigenvalue weighted by atomic mass is 16.1. The van der Waals surface area contributed by atoms with Gasteiger partial charge in [0.2, 0.25) is 5.95 Å². The van der Waals surface area contributed by atoms with Crippen LogP contribution in [0.3, 0.4) is 0 Å². The Morgan fingerprint density at radius 2 is 1.93 bits per heavy atom. The summed E-state index contributed by atoms with van der Waals surface area (Å²) in [6.07, 6.45) is 4.27. The number of carbonyl (C=O) groups is 1. The zero-order chi connectivity index (χ0) is 20.2. The second-order valence-electron chi connectivity index (χ2n) is 7.85. The monoisotopic (exact) mass is 394 g/mol. The van der Waals surface area contributed by atoms with Crippen LogP contribution in [0.25, 0.3) is 0 Å². The number of aromatic nitrogens is 2. The fourth-order valence-corrected chi connectivity index (χ4v) is 4.03. The lowest BCUT2D eigenvalue weighted by molar-refractivity contribution is 0.0995. The van der Waals surface area contributed by atoms with Crippen molar-refractivity contribution in [3.05, 3.63) is 47.8 Å². The van der Waals surface area contributed by atoms with Gasteiger partial charge in [-0.3, -0.25) is 9.69 Å². The van der Waals surface area contributed by atoms with Crippen LogP contribution in [0.15, 0.2) is 36.5 Å². The van der Waals surface area contributed by atoms with E-state index in [-0.39, 0.29) is 5.69 Å². The molecule has 1 saturated carbocycles. The zero-order valence-electron chi connectivity index (χ0n) is 17.1. The summed E-state index contributed by atoms with van der Waals surface area (Å²) in [6.45, 7) is 8.88. The van der Waals surface area contributed by atoms with E-state index in [2.05, 4.69) is 55.9 Å². The molecule has 2 heterocycles. The van der Waals surface area contributed by atoms with E-state index in [0.29, 0.717) is 5.95 Å². The molecule has 7 nitrogen and oxygen atoms in total. The smallest absolute Gasteiger partial charge is 0.267 e. The molecule has 0 unspecified atom stereocenters. The highest BCUT2D eigenvalue weighted by Gasteiger charge is 2.28. The molecule has 1 amide bonds. The van der Waals surface area contributed by atoms with Gasteiger partial charge in [0.15, 0.2) is 0 Å². The second-order valence-corrected chi connectivity index (χ2v) is 7.85. The molecule has 2 N–H and O–H groups in total. The van der Waals surface area contributed by atoms with Crippen molar-refractivity contribution in [2.24, 2.45) is 5.73 Å². The molecule has 1 saturated heterocycles. The predicted octanol–water partition coefficient (Wildman–Crippen LogP) is 2.10. The van der Waals surface area contributed by atoms with Crippen LogP contribution in [0.4, 0.5) is 11.6 Å². The first-order valence-corrected chi connectivity index (χ1v) is 10.6. The third kappa shape index (κ3) is 4.67. The fraction of sp³-hybridized carbons (Fsp3) is 0.500. The number of primary amides is 1. The van der Waals surface area contributed by atoms with Crippen LogP contribution in [-0.4, -0.2) is 66.6 Å². The molecule has 4 rings (SSSR count). The normalized spacial score (nSPS) is 17.3. The highest BCUT2D eigenvalue weighted by Crippen LogP contribution is 2.44. The molecule has 0 radical (unpaired) electrons. The summed E-state index contributed by atoms with van der Waals surface area (Å²) in [5.74, 6) is 0.826. The molecule has 1 aliphatic carbocycles. The van der Waals surface area contributed by atoms with E-state index in [9.17, 15) is 4.79 Å². The van der Waals surface area contributed by atoms with Gasteiger partial charge in [0.25, 0.3) is 5.91 Å². The number of likely N-dealkylation sites (N-methyl/N-ethyl adjacent to an activating group) is 1. The SMILES string of the molecule is CCN(CCN1CCN(c2ccccc2C2CC2)CC1)c1nccc(C(N)=O)n1. The minimum atomic E-state index is -0.521. The van der Waals surface area contributed by atoms with Crippen molar-refractivity contribution in [1.29, 1.82) is 0 Å².